The van der Waals surface area contributed by atoms with E-state index in [4.69, 9.17) is 4.42 Å². The molecule has 146 valence electrons. The molecule has 6 nitrogen and oxygen atoms in total. The fraction of sp³-hybridized carbons (Fsp3) is 0.409. The first-order chi connectivity index (χ1) is 13.5. The van der Waals surface area contributed by atoms with Crippen LogP contribution in [0.3, 0.4) is 0 Å². The molecule has 2 aliphatic heterocycles. The summed E-state index contributed by atoms with van der Waals surface area (Å²) < 4.78 is 5.46. The fourth-order valence-corrected chi connectivity index (χ4v) is 4.25. The van der Waals surface area contributed by atoms with Crippen LogP contribution < -0.4 is 10.9 Å². The molecule has 0 aliphatic carbocycles. The number of rotatable bonds is 4. The first-order valence-corrected chi connectivity index (χ1v) is 9.75. The van der Waals surface area contributed by atoms with Crippen LogP contribution in [0.5, 0.6) is 0 Å². The average Bonchev–Trinajstić information content (AvgIpc) is 3.10. The van der Waals surface area contributed by atoms with Gasteiger partial charge in [0.1, 0.15) is 11.3 Å². The molecule has 2 fully saturated rings. The summed E-state index contributed by atoms with van der Waals surface area (Å²) in [6.07, 6.45) is 1.82. The fourth-order valence-electron chi connectivity index (χ4n) is 4.25. The molecule has 2 atom stereocenters. The number of hydrogen-bond donors (Lipinski definition) is 1. The van der Waals surface area contributed by atoms with Crippen LogP contribution in [0.15, 0.2) is 45.6 Å². The zero-order valence-corrected chi connectivity index (χ0v) is 15.9. The predicted molar refractivity (Wildman–Crippen MR) is 104 cm³/mol. The highest BCUT2D eigenvalue weighted by molar-refractivity contribution is 5.95. The van der Waals surface area contributed by atoms with Crippen molar-refractivity contribution >= 4 is 11.8 Å². The lowest BCUT2D eigenvalue weighted by atomic mass is 9.89. The van der Waals surface area contributed by atoms with Gasteiger partial charge in [0.05, 0.1) is 0 Å². The normalized spacial score (nSPS) is 21.3. The van der Waals surface area contributed by atoms with Crippen LogP contribution in [0.4, 0.5) is 0 Å². The van der Waals surface area contributed by atoms with Gasteiger partial charge in [-0.2, -0.15) is 0 Å². The molecule has 0 radical (unpaired) electrons. The number of amides is 2. The molecule has 0 bridgehead atoms. The number of piperidine rings is 1. The van der Waals surface area contributed by atoms with E-state index in [0.29, 0.717) is 43.8 Å². The van der Waals surface area contributed by atoms with Crippen LogP contribution in [-0.2, 0) is 17.6 Å². The largest absolute Gasteiger partial charge is 0.427 e. The molecule has 1 aromatic heterocycles. The van der Waals surface area contributed by atoms with E-state index in [2.05, 4.69) is 5.32 Å². The van der Waals surface area contributed by atoms with E-state index >= 15 is 0 Å². The highest BCUT2D eigenvalue weighted by Crippen LogP contribution is 2.29. The van der Waals surface area contributed by atoms with E-state index in [1.54, 1.807) is 17.9 Å². The van der Waals surface area contributed by atoms with Crippen LogP contribution in [0.1, 0.15) is 33.7 Å². The Morgan fingerprint density at radius 2 is 1.89 bits per heavy atom. The molecular weight excluding hydrogens is 356 g/mol. The summed E-state index contributed by atoms with van der Waals surface area (Å²) in [6.45, 7) is 3.47. The minimum absolute atomic E-state index is 0.0361. The van der Waals surface area contributed by atoms with E-state index in [1.807, 2.05) is 30.3 Å². The van der Waals surface area contributed by atoms with E-state index in [-0.39, 0.29) is 29.2 Å². The van der Waals surface area contributed by atoms with Crippen molar-refractivity contribution in [1.29, 1.82) is 0 Å². The van der Waals surface area contributed by atoms with Crippen LogP contribution in [0.2, 0.25) is 0 Å². The third-order valence-electron chi connectivity index (χ3n) is 5.79. The summed E-state index contributed by atoms with van der Waals surface area (Å²) in [7, 11) is 0. The number of nitrogens with one attached hydrogen (secondary N) is 1. The molecule has 0 saturated carbocycles. The van der Waals surface area contributed by atoms with Crippen molar-refractivity contribution in [3.63, 3.8) is 0 Å². The van der Waals surface area contributed by atoms with E-state index in [0.717, 1.165) is 6.42 Å². The van der Waals surface area contributed by atoms with Crippen molar-refractivity contribution in [2.45, 2.75) is 26.2 Å². The van der Waals surface area contributed by atoms with Crippen LogP contribution in [0, 0.1) is 18.8 Å². The molecule has 1 N–H and O–H groups in total. The molecule has 6 heteroatoms. The van der Waals surface area contributed by atoms with Crippen LogP contribution >= 0.6 is 0 Å². The van der Waals surface area contributed by atoms with Gasteiger partial charge in [0.25, 0.3) is 5.91 Å². The average molecular weight is 380 g/mol. The zero-order chi connectivity index (χ0) is 19.7. The number of likely N-dealkylation sites (tertiary alicyclic amines) is 1. The van der Waals surface area contributed by atoms with Gasteiger partial charge in [-0.3, -0.25) is 9.59 Å². The molecule has 28 heavy (non-hydrogen) atoms. The topological polar surface area (TPSA) is 79.6 Å². The monoisotopic (exact) mass is 380 g/mol. The van der Waals surface area contributed by atoms with Gasteiger partial charge < -0.3 is 14.6 Å². The molecular formula is C22H24N2O4. The third-order valence-corrected chi connectivity index (χ3v) is 5.79. The first kappa shape index (κ1) is 18.5. The van der Waals surface area contributed by atoms with Gasteiger partial charge in [-0.25, -0.2) is 4.79 Å². The number of carbonyl (C=O) groups is 2. The number of aryl methyl sites for hydroxylation is 3. The smallest absolute Gasteiger partial charge is 0.349 e. The second-order valence-electron chi connectivity index (χ2n) is 7.78. The Morgan fingerprint density at radius 3 is 2.64 bits per heavy atom. The molecule has 2 saturated heterocycles. The van der Waals surface area contributed by atoms with Gasteiger partial charge in [0.15, 0.2) is 0 Å². The van der Waals surface area contributed by atoms with E-state index < -0.39 is 5.63 Å². The van der Waals surface area contributed by atoms with Crippen molar-refractivity contribution in [2.24, 2.45) is 11.8 Å². The number of hydrogen-bond acceptors (Lipinski definition) is 4. The van der Waals surface area contributed by atoms with E-state index in [1.165, 1.54) is 5.56 Å². The van der Waals surface area contributed by atoms with Gasteiger partial charge >= 0.3 is 5.63 Å². The molecule has 2 aromatic rings. The maximum absolute atomic E-state index is 13.0. The summed E-state index contributed by atoms with van der Waals surface area (Å²) >= 11 is 0. The molecule has 4 rings (SSSR count). The Bertz CT molecular complexity index is 951. The minimum atomic E-state index is -0.572. The minimum Gasteiger partial charge on any atom is -0.427 e. The Kier molecular flexibility index (Phi) is 5.03. The Labute approximate surface area is 163 Å². The highest BCUT2D eigenvalue weighted by atomic mass is 16.4. The third kappa shape index (κ3) is 3.72. The molecule has 2 amide bonds. The second-order valence-corrected chi connectivity index (χ2v) is 7.78. The quantitative estimate of drug-likeness (QED) is 0.879. The maximum Gasteiger partial charge on any atom is 0.349 e. The number of benzene rings is 1. The van der Waals surface area contributed by atoms with Crippen LogP contribution in [0.25, 0.3) is 0 Å². The van der Waals surface area contributed by atoms with Crippen LogP contribution in [-0.4, -0.2) is 36.3 Å². The molecule has 2 aliphatic rings. The van der Waals surface area contributed by atoms with Crippen molar-refractivity contribution < 1.29 is 14.0 Å². The summed E-state index contributed by atoms with van der Waals surface area (Å²) in [6, 6.07) is 11.8. The highest BCUT2D eigenvalue weighted by Gasteiger charge is 2.40. The zero-order valence-electron chi connectivity index (χ0n) is 15.9. The Hall–Kier alpha value is -2.89. The SMILES string of the molecule is Cc1cc(CCc2ccccc2)oc(=O)c1C(=O)N1C[C@H]2CC(=O)NC[C@H]2C1. The summed E-state index contributed by atoms with van der Waals surface area (Å²) in [4.78, 5) is 38.8. The number of carbonyl (C=O) groups excluding carboxylic acids is 2. The summed E-state index contributed by atoms with van der Waals surface area (Å²) in [5.41, 5.74) is 1.36. The molecule has 1 aromatic carbocycles. The standard InChI is InChI=1S/C22H24N2O4/c1-14-9-18(8-7-15-5-3-2-4-6-15)28-22(27)20(14)21(26)24-12-16-10-19(25)23-11-17(16)13-24/h2-6,9,16-17H,7-8,10-13H2,1H3,(H,23,25)/t16-,17+/m1/s1. The lowest BCUT2D eigenvalue weighted by Crippen LogP contribution is -2.40. The molecule has 3 heterocycles. The van der Waals surface area contributed by atoms with Gasteiger partial charge in [0.2, 0.25) is 5.91 Å². The predicted octanol–water partition coefficient (Wildman–Crippen LogP) is 1.94. The lowest BCUT2D eigenvalue weighted by molar-refractivity contribution is -0.124. The van der Waals surface area contributed by atoms with E-state index in [9.17, 15) is 14.4 Å². The summed E-state index contributed by atoms with van der Waals surface area (Å²) in [5.74, 6) is 0.777. The van der Waals surface area contributed by atoms with Crippen molar-refractivity contribution in [3.8, 4) is 0 Å². The second kappa shape index (κ2) is 7.62. The van der Waals surface area contributed by atoms with Gasteiger partial charge in [-0.15, -0.1) is 0 Å². The lowest BCUT2D eigenvalue weighted by Gasteiger charge is -2.23. The number of nitrogens with zero attached hydrogens (tertiary/aromatic N) is 1. The van der Waals surface area contributed by atoms with Crippen molar-refractivity contribution in [1.82, 2.24) is 10.2 Å². The Balaban J connectivity index is 1.48. The summed E-state index contributed by atoms with van der Waals surface area (Å²) in [5, 5.41) is 2.85. The van der Waals surface area contributed by atoms with Crippen molar-refractivity contribution in [2.75, 3.05) is 19.6 Å². The maximum atomic E-state index is 13.0. The molecule has 0 unspecified atom stereocenters. The van der Waals surface area contributed by atoms with Gasteiger partial charge in [-0.05, 0) is 42.4 Å². The van der Waals surface area contributed by atoms with Crippen molar-refractivity contribution in [3.05, 3.63) is 69.3 Å². The van der Waals surface area contributed by atoms with Gasteiger partial charge in [0, 0.05) is 32.5 Å². The Morgan fingerprint density at radius 1 is 1.14 bits per heavy atom. The first-order valence-electron chi connectivity index (χ1n) is 9.75. The molecule has 0 spiro atoms. The number of fused-ring (bicyclic) bond motifs is 1. The van der Waals surface area contributed by atoms with Gasteiger partial charge in [-0.1, -0.05) is 30.3 Å².